The smallest absolute Gasteiger partial charge is 0.226 e. The summed E-state index contributed by atoms with van der Waals surface area (Å²) in [5.74, 6) is 1.69. The fourth-order valence-electron chi connectivity index (χ4n) is 4.11. The number of nitrogens with zero attached hydrogens (tertiary/aromatic N) is 1. The second kappa shape index (κ2) is 7.76. The highest BCUT2D eigenvalue weighted by atomic mass is 32.1. The van der Waals surface area contributed by atoms with Crippen LogP contribution >= 0.6 is 11.3 Å². The number of methoxy groups -OCH3 is 1. The van der Waals surface area contributed by atoms with E-state index in [9.17, 15) is 4.79 Å². The number of carbonyl (C=O) groups excluding carboxylic acids is 1. The quantitative estimate of drug-likeness (QED) is 0.767. The van der Waals surface area contributed by atoms with E-state index in [2.05, 4.69) is 31.4 Å². The second-order valence-electron chi connectivity index (χ2n) is 8.05. The summed E-state index contributed by atoms with van der Waals surface area (Å²) in [5.41, 5.74) is 1.85. The van der Waals surface area contributed by atoms with E-state index in [1.807, 2.05) is 17.0 Å². The molecule has 28 heavy (non-hydrogen) atoms. The van der Waals surface area contributed by atoms with Gasteiger partial charge < -0.3 is 19.1 Å². The molecule has 4 rings (SSSR count). The first-order valence-corrected chi connectivity index (χ1v) is 10.6. The van der Waals surface area contributed by atoms with Gasteiger partial charge in [-0.2, -0.15) is 0 Å². The number of amides is 1. The molecule has 150 valence electrons. The zero-order valence-electron chi connectivity index (χ0n) is 16.7. The van der Waals surface area contributed by atoms with Crippen LogP contribution in [0.15, 0.2) is 29.6 Å². The molecule has 3 heterocycles. The summed E-state index contributed by atoms with van der Waals surface area (Å²) < 4.78 is 17.4. The Bertz CT molecular complexity index is 846. The Balaban J connectivity index is 1.62. The SMILES string of the molecule is COc1cc(-c2cccs2)cc2c1OCCN(C(=O)[C@H]1CCOC(C)(C)C1)C2. The van der Waals surface area contributed by atoms with Crippen LogP contribution in [0.4, 0.5) is 0 Å². The van der Waals surface area contributed by atoms with Gasteiger partial charge in [0.25, 0.3) is 0 Å². The molecule has 1 fully saturated rings. The molecule has 2 aromatic rings. The number of hydrogen-bond acceptors (Lipinski definition) is 5. The number of ether oxygens (including phenoxy) is 3. The highest BCUT2D eigenvalue weighted by Crippen LogP contribution is 2.40. The molecule has 1 atom stereocenters. The molecule has 5 nitrogen and oxygen atoms in total. The number of fused-ring (bicyclic) bond motifs is 1. The van der Waals surface area contributed by atoms with Crippen molar-refractivity contribution in [2.75, 3.05) is 26.9 Å². The molecule has 0 saturated carbocycles. The molecule has 1 amide bonds. The van der Waals surface area contributed by atoms with Crippen LogP contribution in [0.5, 0.6) is 11.5 Å². The Morgan fingerprint density at radius 3 is 2.89 bits per heavy atom. The number of rotatable bonds is 3. The van der Waals surface area contributed by atoms with Crippen molar-refractivity contribution in [3.05, 3.63) is 35.2 Å². The molecule has 1 aromatic heterocycles. The lowest BCUT2D eigenvalue weighted by atomic mass is 9.87. The second-order valence-corrected chi connectivity index (χ2v) is 9.00. The van der Waals surface area contributed by atoms with Gasteiger partial charge in [-0.15, -0.1) is 11.3 Å². The monoisotopic (exact) mass is 401 g/mol. The first-order chi connectivity index (χ1) is 13.5. The third-order valence-electron chi connectivity index (χ3n) is 5.48. The van der Waals surface area contributed by atoms with E-state index in [0.717, 1.165) is 35.5 Å². The van der Waals surface area contributed by atoms with Crippen molar-refractivity contribution < 1.29 is 19.0 Å². The summed E-state index contributed by atoms with van der Waals surface area (Å²) in [6.45, 7) is 6.36. The van der Waals surface area contributed by atoms with Gasteiger partial charge in [-0.3, -0.25) is 4.79 Å². The van der Waals surface area contributed by atoms with E-state index >= 15 is 0 Å². The van der Waals surface area contributed by atoms with E-state index in [4.69, 9.17) is 14.2 Å². The van der Waals surface area contributed by atoms with Gasteiger partial charge in [-0.25, -0.2) is 0 Å². The fraction of sp³-hybridized carbons (Fsp3) is 0.500. The first kappa shape index (κ1) is 19.3. The summed E-state index contributed by atoms with van der Waals surface area (Å²) in [5, 5.41) is 2.06. The third kappa shape index (κ3) is 3.89. The van der Waals surface area contributed by atoms with Crippen LogP contribution < -0.4 is 9.47 Å². The van der Waals surface area contributed by atoms with Crippen LogP contribution in [0.25, 0.3) is 10.4 Å². The Labute approximate surface area is 170 Å². The highest BCUT2D eigenvalue weighted by molar-refractivity contribution is 7.13. The Hall–Kier alpha value is -2.05. The van der Waals surface area contributed by atoms with Crippen molar-refractivity contribution in [3.63, 3.8) is 0 Å². The van der Waals surface area contributed by atoms with Crippen molar-refractivity contribution in [1.82, 2.24) is 4.90 Å². The zero-order valence-corrected chi connectivity index (χ0v) is 17.5. The summed E-state index contributed by atoms with van der Waals surface area (Å²) in [7, 11) is 1.66. The maximum atomic E-state index is 13.3. The van der Waals surface area contributed by atoms with Crippen LogP contribution in [0.1, 0.15) is 32.3 Å². The summed E-state index contributed by atoms with van der Waals surface area (Å²) in [4.78, 5) is 16.4. The first-order valence-electron chi connectivity index (χ1n) is 9.77. The van der Waals surface area contributed by atoms with Gasteiger partial charge in [0, 0.05) is 29.5 Å². The predicted molar refractivity (Wildman–Crippen MR) is 110 cm³/mol. The number of hydrogen-bond donors (Lipinski definition) is 0. The van der Waals surface area contributed by atoms with Gasteiger partial charge >= 0.3 is 0 Å². The van der Waals surface area contributed by atoms with Crippen molar-refractivity contribution in [3.8, 4) is 21.9 Å². The fourth-order valence-corrected chi connectivity index (χ4v) is 4.82. The Morgan fingerprint density at radius 2 is 2.18 bits per heavy atom. The lowest BCUT2D eigenvalue weighted by Crippen LogP contribution is -2.43. The van der Waals surface area contributed by atoms with Gasteiger partial charge in [0.1, 0.15) is 6.61 Å². The Kier molecular flexibility index (Phi) is 5.34. The topological polar surface area (TPSA) is 48.0 Å². The van der Waals surface area contributed by atoms with Gasteiger partial charge in [-0.1, -0.05) is 6.07 Å². The molecule has 6 heteroatoms. The van der Waals surface area contributed by atoms with Crippen LogP contribution in [-0.4, -0.2) is 43.3 Å². The van der Waals surface area contributed by atoms with Crippen molar-refractivity contribution >= 4 is 17.2 Å². The normalized spacial score (nSPS) is 21.4. The molecular weight excluding hydrogens is 374 g/mol. The predicted octanol–water partition coefficient (Wildman–Crippen LogP) is 4.35. The average molecular weight is 402 g/mol. The van der Waals surface area contributed by atoms with Gasteiger partial charge in [-0.05, 0) is 55.8 Å². The minimum atomic E-state index is -0.242. The minimum absolute atomic E-state index is 0.00711. The maximum absolute atomic E-state index is 13.3. The van der Waals surface area contributed by atoms with Crippen molar-refractivity contribution in [2.45, 2.75) is 38.8 Å². The summed E-state index contributed by atoms with van der Waals surface area (Å²) >= 11 is 1.69. The van der Waals surface area contributed by atoms with Crippen LogP contribution in [0, 0.1) is 5.92 Å². The van der Waals surface area contributed by atoms with Crippen molar-refractivity contribution in [2.24, 2.45) is 5.92 Å². The molecule has 2 aliphatic heterocycles. The molecule has 1 saturated heterocycles. The lowest BCUT2D eigenvalue weighted by Gasteiger charge is -2.36. The van der Waals surface area contributed by atoms with E-state index in [0.29, 0.717) is 26.3 Å². The largest absolute Gasteiger partial charge is 0.493 e. The molecular formula is C22H27NO4S. The van der Waals surface area contributed by atoms with E-state index < -0.39 is 0 Å². The Morgan fingerprint density at radius 1 is 1.32 bits per heavy atom. The van der Waals surface area contributed by atoms with Crippen molar-refractivity contribution in [1.29, 1.82) is 0 Å². The molecule has 0 N–H and O–H groups in total. The van der Waals surface area contributed by atoms with Gasteiger partial charge in [0.2, 0.25) is 5.91 Å². The van der Waals surface area contributed by atoms with E-state index in [1.165, 1.54) is 4.88 Å². The molecule has 0 unspecified atom stereocenters. The van der Waals surface area contributed by atoms with E-state index in [-0.39, 0.29) is 17.4 Å². The molecule has 1 aromatic carbocycles. The molecule has 0 aliphatic carbocycles. The zero-order chi connectivity index (χ0) is 19.7. The molecule has 0 spiro atoms. The molecule has 2 aliphatic rings. The average Bonchev–Trinajstić information content (AvgIpc) is 3.12. The van der Waals surface area contributed by atoms with Gasteiger partial charge in [0.15, 0.2) is 11.5 Å². The molecule has 0 bridgehead atoms. The summed E-state index contributed by atoms with van der Waals surface area (Å²) in [6, 6.07) is 8.28. The standard InChI is InChI=1S/C22H27NO4S/c1-22(2)13-15(6-8-27-22)21(24)23-7-9-26-20-17(14-23)11-16(12-18(20)25-3)19-5-4-10-28-19/h4-5,10-12,15H,6-9,13-14H2,1-3H3/t15-/m0/s1. The highest BCUT2D eigenvalue weighted by Gasteiger charge is 2.36. The minimum Gasteiger partial charge on any atom is -0.493 e. The van der Waals surface area contributed by atoms with Crippen LogP contribution in [0.2, 0.25) is 0 Å². The number of benzene rings is 1. The third-order valence-corrected chi connectivity index (χ3v) is 6.40. The van der Waals surface area contributed by atoms with E-state index in [1.54, 1.807) is 18.4 Å². The van der Waals surface area contributed by atoms with Crippen LogP contribution in [-0.2, 0) is 16.1 Å². The number of carbonyl (C=O) groups is 1. The number of thiophene rings is 1. The van der Waals surface area contributed by atoms with Gasteiger partial charge in [0.05, 0.1) is 19.3 Å². The maximum Gasteiger partial charge on any atom is 0.226 e. The lowest BCUT2D eigenvalue weighted by molar-refractivity contribution is -0.146. The van der Waals surface area contributed by atoms with Crippen LogP contribution in [0.3, 0.4) is 0 Å². The molecule has 0 radical (unpaired) electrons. The summed E-state index contributed by atoms with van der Waals surface area (Å²) in [6.07, 6.45) is 1.54.